The first-order valence-electron chi connectivity index (χ1n) is 6.54. The van der Waals surface area contributed by atoms with Crippen LogP contribution in [0.3, 0.4) is 0 Å². The van der Waals surface area contributed by atoms with Gasteiger partial charge in [0.15, 0.2) is 0 Å². The van der Waals surface area contributed by atoms with E-state index in [1.807, 2.05) is 0 Å². The maximum absolute atomic E-state index is 11.7. The monoisotopic (exact) mass is 296 g/mol. The Hall–Kier alpha value is -2.24. The maximum atomic E-state index is 11.7. The lowest BCUT2D eigenvalue weighted by atomic mass is 10.0. The second-order valence-electron chi connectivity index (χ2n) is 4.75. The summed E-state index contributed by atoms with van der Waals surface area (Å²) in [6.07, 6.45) is 0.0196. The van der Waals surface area contributed by atoms with Crippen LogP contribution < -0.4 is 9.47 Å². The molecule has 1 rings (SSSR count). The summed E-state index contributed by atoms with van der Waals surface area (Å²) in [7, 11) is 3.08. The summed E-state index contributed by atoms with van der Waals surface area (Å²) in [5.74, 6) is -0.390. The van der Waals surface area contributed by atoms with Gasteiger partial charge in [0.1, 0.15) is 18.1 Å². The molecular formula is C15H20O6. The molecule has 0 aliphatic rings. The first-order valence-corrected chi connectivity index (χ1v) is 6.54. The van der Waals surface area contributed by atoms with Crippen LogP contribution in [-0.4, -0.2) is 31.3 Å². The van der Waals surface area contributed by atoms with Gasteiger partial charge in [-0.05, 0) is 18.1 Å². The minimum absolute atomic E-state index is 0.0546. The predicted octanol–water partition coefficient (Wildman–Crippen LogP) is 2.25. The Bertz CT molecular complexity index is 497. The van der Waals surface area contributed by atoms with E-state index in [1.165, 1.54) is 7.11 Å². The van der Waals surface area contributed by atoms with E-state index >= 15 is 0 Å². The van der Waals surface area contributed by atoms with Crippen molar-refractivity contribution >= 4 is 11.9 Å². The van der Waals surface area contributed by atoms with E-state index < -0.39 is 11.9 Å². The average Bonchev–Trinajstić information content (AvgIpc) is 2.43. The first kappa shape index (κ1) is 16.8. The van der Waals surface area contributed by atoms with Crippen LogP contribution in [0.15, 0.2) is 18.2 Å². The van der Waals surface area contributed by atoms with Crippen molar-refractivity contribution in [3.8, 4) is 11.5 Å². The quantitative estimate of drug-likeness (QED) is 0.741. The van der Waals surface area contributed by atoms with Crippen LogP contribution >= 0.6 is 0 Å². The molecule has 0 spiro atoms. The second-order valence-corrected chi connectivity index (χ2v) is 4.75. The molecule has 0 fully saturated rings. The van der Waals surface area contributed by atoms with Crippen molar-refractivity contribution < 1.29 is 28.9 Å². The number of esters is 1. The molecule has 0 heterocycles. The Morgan fingerprint density at radius 2 is 1.90 bits per heavy atom. The van der Waals surface area contributed by atoms with E-state index in [1.54, 1.807) is 32.2 Å². The Morgan fingerprint density at radius 3 is 2.48 bits per heavy atom. The van der Waals surface area contributed by atoms with Gasteiger partial charge in [0.2, 0.25) is 0 Å². The normalized spacial score (nSPS) is 11.6. The van der Waals surface area contributed by atoms with E-state index in [4.69, 9.17) is 19.3 Å². The Balaban J connectivity index is 2.54. The molecule has 6 nitrogen and oxygen atoms in total. The van der Waals surface area contributed by atoms with Gasteiger partial charge < -0.3 is 19.3 Å². The van der Waals surface area contributed by atoms with Crippen molar-refractivity contribution in [1.29, 1.82) is 0 Å². The van der Waals surface area contributed by atoms with E-state index in [0.29, 0.717) is 11.5 Å². The first-order chi connectivity index (χ1) is 9.96. The molecule has 0 aromatic heterocycles. The highest BCUT2D eigenvalue weighted by Crippen LogP contribution is 2.25. The average molecular weight is 296 g/mol. The predicted molar refractivity (Wildman–Crippen MR) is 75.4 cm³/mol. The maximum Gasteiger partial charge on any atom is 0.306 e. The van der Waals surface area contributed by atoms with Crippen LogP contribution in [0, 0.1) is 5.92 Å². The SMILES string of the molecule is COc1ccc(COC(=O)CC(C)CC(=O)O)c(OC)c1. The molecule has 0 radical (unpaired) electrons. The summed E-state index contributed by atoms with van der Waals surface area (Å²) in [4.78, 5) is 22.2. The number of carbonyl (C=O) groups is 2. The van der Waals surface area contributed by atoms with Gasteiger partial charge in [-0.3, -0.25) is 9.59 Å². The van der Waals surface area contributed by atoms with Crippen LogP contribution in [0.2, 0.25) is 0 Å². The number of hydrogen-bond donors (Lipinski definition) is 1. The molecular weight excluding hydrogens is 276 g/mol. The van der Waals surface area contributed by atoms with Crippen molar-refractivity contribution in [2.75, 3.05) is 14.2 Å². The Morgan fingerprint density at radius 1 is 1.19 bits per heavy atom. The van der Waals surface area contributed by atoms with Gasteiger partial charge in [0.05, 0.1) is 14.2 Å². The third-order valence-electron chi connectivity index (χ3n) is 2.92. The van der Waals surface area contributed by atoms with Crippen molar-refractivity contribution in [2.45, 2.75) is 26.4 Å². The van der Waals surface area contributed by atoms with E-state index in [2.05, 4.69) is 0 Å². The fourth-order valence-corrected chi connectivity index (χ4v) is 1.84. The van der Waals surface area contributed by atoms with Crippen LogP contribution in [0.5, 0.6) is 11.5 Å². The number of rotatable bonds is 8. The standard InChI is InChI=1S/C15H20O6/c1-10(6-14(16)17)7-15(18)21-9-11-4-5-12(19-2)8-13(11)20-3/h4-5,8,10H,6-7,9H2,1-3H3,(H,16,17). The molecule has 0 saturated heterocycles. The molecule has 6 heteroatoms. The topological polar surface area (TPSA) is 82.1 Å². The molecule has 1 atom stereocenters. The zero-order chi connectivity index (χ0) is 15.8. The molecule has 1 unspecified atom stereocenters. The van der Waals surface area contributed by atoms with Crippen LogP contribution in [0.4, 0.5) is 0 Å². The number of carbonyl (C=O) groups excluding carboxylic acids is 1. The lowest BCUT2D eigenvalue weighted by Gasteiger charge is -2.12. The largest absolute Gasteiger partial charge is 0.497 e. The lowest BCUT2D eigenvalue weighted by Crippen LogP contribution is -2.12. The highest BCUT2D eigenvalue weighted by Gasteiger charge is 2.14. The van der Waals surface area contributed by atoms with Gasteiger partial charge in [-0.2, -0.15) is 0 Å². The molecule has 1 N–H and O–H groups in total. The van der Waals surface area contributed by atoms with Gasteiger partial charge in [-0.1, -0.05) is 6.92 Å². The Kier molecular flexibility index (Phi) is 6.52. The molecule has 0 amide bonds. The van der Waals surface area contributed by atoms with Gasteiger partial charge in [-0.15, -0.1) is 0 Å². The van der Waals surface area contributed by atoms with Crippen molar-refractivity contribution in [3.63, 3.8) is 0 Å². The zero-order valence-electron chi connectivity index (χ0n) is 12.4. The molecule has 1 aromatic rings. The number of aliphatic carboxylic acids is 1. The van der Waals surface area contributed by atoms with E-state index in [-0.39, 0.29) is 25.4 Å². The molecule has 0 saturated carbocycles. The third-order valence-corrected chi connectivity index (χ3v) is 2.92. The number of carboxylic acid groups (broad SMARTS) is 1. The highest BCUT2D eigenvalue weighted by molar-refractivity contribution is 5.72. The summed E-state index contributed by atoms with van der Waals surface area (Å²) in [5, 5.41) is 8.64. The summed E-state index contributed by atoms with van der Waals surface area (Å²) in [6, 6.07) is 5.21. The number of benzene rings is 1. The van der Waals surface area contributed by atoms with Crippen LogP contribution in [0.25, 0.3) is 0 Å². The molecule has 1 aromatic carbocycles. The smallest absolute Gasteiger partial charge is 0.306 e. The van der Waals surface area contributed by atoms with Gasteiger partial charge in [-0.25, -0.2) is 0 Å². The molecule has 21 heavy (non-hydrogen) atoms. The molecule has 0 bridgehead atoms. The number of hydrogen-bond acceptors (Lipinski definition) is 5. The minimum atomic E-state index is -0.924. The van der Waals surface area contributed by atoms with Crippen molar-refractivity contribution in [1.82, 2.24) is 0 Å². The third kappa shape index (κ3) is 5.72. The summed E-state index contributed by atoms with van der Waals surface area (Å²) in [5.41, 5.74) is 0.720. The fraction of sp³-hybridized carbons (Fsp3) is 0.467. The lowest BCUT2D eigenvalue weighted by molar-refractivity contribution is -0.146. The highest BCUT2D eigenvalue weighted by atomic mass is 16.5. The molecule has 116 valence electrons. The summed E-state index contributed by atoms with van der Waals surface area (Å²) >= 11 is 0. The van der Waals surface area contributed by atoms with Gasteiger partial charge in [0, 0.05) is 24.5 Å². The number of carboxylic acids is 1. The van der Waals surface area contributed by atoms with E-state index in [0.717, 1.165) is 5.56 Å². The van der Waals surface area contributed by atoms with Crippen molar-refractivity contribution in [2.24, 2.45) is 5.92 Å². The zero-order valence-corrected chi connectivity index (χ0v) is 12.4. The van der Waals surface area contributed by atoms with E-state index in [9.17, 15) is 9.59 Å². The fourth-order valence-electron chi connectivity index (χ4n) is 1.84. The van der Waals surface area contributed by atoms with Gasteiger partial charge >= 0.3 is 11.9 Å². The summed E-state index contributed by atoms with van der Waals surface area (Å²) < 4.78 is 15.4. The van der Waals surface area contributed by atoms with Crippen LogP contribution in [-0.2, 0) is 20.9 Å². The minimum Gasteiger partial charge on any atom is -0.497 e. The van der Waals surface area contributed by atoms with Crippen molar-refractivity contribution in [3.05, 3.63) is 23.8 Å². The second kappa shape index (κ2) is 8.14. The summed E-state index contributed by atoms with van der Waals surface area (Å²) in [6.45, 7) is 1.77. The Labute approximate surface area is 123 Å². The molecule has 0 aliphatic heterocycles. The number of ether oxygens (including phenoxy) is 3. The number of methoxy groups -OCH3 is 2. The van der Waals surface area contributed by atoms with Crippen LogP contribution in [0.1, 0.15) is 25.3 Å². The van der Waals surface area contributed by atoms with Gasteiger partial charge in [0.25, 0.3) is 0 Å². The molecule has 0 aliphatic carbocycles.